The van der Waals surface area contributed by atoms with Gasteiger partial charge in [-0.2, -0.15) is 0 Å². The predicted molar refractivity (Wildman–Crippen MR) is 69.3 cm³/mol. The van der Waals surface area contributed by atoms with E-state index in [-0.39, 0.29) is 28.2 Å². The molecule has 4 heteroatoms. The van der Waals surface area contributed by atoms with E-state index >= 15 is 0 Å². The maximum absolute atomic E-state index is 13.7. The molecule has 1 aromatic carbocycles. The highest BCUT2D eigenvalue weighted by molar-refractivity contribution is 9.10. The second-order valence-corrected chi connectivity index (χ2v) is 5.93. The zero-order valence-corrected chi connectivity index (χ0v) is 11.8. The monoisotopic (exact) mass is 316 g/mol. The smallest absolute Gasteiger partial charge is 0.143 e. The summed E-state index contributed by atoms with van der Waals surface area (Å²) in [5, 5.41) is 0. The Kier molecular flexibility index (Phi) is 4.15. The van der Waals surface area contributed by atoms with Gasteiger partial charge < -0.3 is 0 Å². The molecule has 0 N–H and O–H groups in total. The molecule has 2 rings (SSSR count). The summed E-state index contributed by atoms with van der Waals surface area (Å²) in [6.07, 6.45) is 2.57. The number of carbonyl (C=O) groups is 1. The van der Waals surface area contributed by atoms with Crippen molar-refractivity contribution in [3.63, 3.8) is 0 Å². The molecule has 0 saturated heterocycles. The van der Waals surface area contributed by atoms with Crippen LogP contribution in [-0.2, 0) is 11.2 Å². The van der Waals surface area contributed by atoms with Crippen molar-refractivity contribution in [2.45, 2.75) is 32.6 Å². The van der Waals surface area contributed by atoms with Gasteiger partial charge in [-0.25, -0.2) is 8.78 Å². The van der Waals surface area contributed by atoms with Crippen LogP contribution in [0.25, 0.3) is 0 Å². The maximum atomic E-state index is 13.7. The van der Waals surface area contributed by atoms with E-state index in [0.717, 1.165) is 19.3 Å². The van der Waals surface area contributed by atoms with Crippen molar-refractivity contribution in [2.75, 3.05) is 0 Å². The lowest BCUT2D eigenvalue weighted by atomic mass is 9.95. The van der Waals surface area contributed by atoms with E-state index in [1.165, 1.54) is 12.1 Å². The van der Waals surface area contributed by atoms with Crippen LogP contribution in [0.5, 0.6) is 0 Å². The fourth-order valence-electron chi connectivity index (χ4n) is 2.55. The number of rotatable bonds is 3. The van der Waals surface area contributed by atoms with E-state index in [0.29, 0.717) is 5.92 Å². The second kappa shape index (κ2) is 5.47. The normalized spacial score (nSPS) is 23.3. The van der Waals surface area contributed by atoms with E-state index < -0.39 is 11.6 Å². The van der Waals surface area contributed by atoms with Crippen LogP contribution in [0.15, 0.2) is 16.6 Å². The summed E-state index contributed by atoms with van der Waals surface area (Å²) in [5.74, 6) is -0.839. The summed E-state index contributed by atoms with van der Waals surface area (Å²) in [5.41, 5.74) is -0.117. The summed E-state index contributed by atoms with van der Waals surface area (Å²) in [6.45, 7) is 2.10. The molecular formula is C14H15BrF2O. The molecule has 0 amide bonds. The van der Waals surface area contributed by atoms with Crippen LogP contribution in [0, 0.1) is 23.5 Å². The lowest BCUT2D eigenvalue weighted by Gasteiger charge is -2.10. The quantitative estimate of drug-likeness (QED) is 0.761. The van der Waals surface area contributed by atoms with Crippen molar-refractivity contribution in [3.8, 4) is 0 Å². The van der Waals surface area contributed by atoms with Crippen molar-refractivity contribution < 1.29 is 13.6 Å². The molecule has 0 radical (unpaired) electrons. The van der Waals surface area contributed by atoms with Gasteiger partial charge in [0.1, 0.15) is 17.4 Å². The highest BCUT2D eigenvalue weighted by atomic mass is 79.9. The molecule has 0 spiro atoms. The Morgan fingerprint density at radius 3 is 2.72 bits per heavy atom. The molecule has 0 aliphatic heterocycles. The van der Waals surface area contributed by atoms with E-state index in [2.05, 4.69) is 22.9 Å². The molecule has 0 aromatic heterocycles. The Labute approximate surface area is 114 Å². The van der Waals surface area contributed by atoms with Gasteiger partial charge in [-0.3, -0.25) is 4.79 Å². The van der Waals surface area contributed by atoms with Gasteiger partial charge in [0.25, 0.3) is 0 Å². The maximum Gasteiger partial charge on any atom is 0.143 e. The minimum absolute atomic E-state index is 0.0298. The number of halogens is 3. The van der Waals surface area contributed by atoms with Gasteiger partial charge in [-0.05, 0) is 53.2 Å². The number of Topliss-reactive ketones (excluding diaryl/α,β-unsaturated/α-hetero) is 1. The Morgan fingerprint density at radius 1 is 1.39 bits per heavy atom. The van der Waals surface area contributed by atoms with Crippen LogP contribution >= 0.6 is 15.9 Å². The van der Waals surface area contributed by atoms with E-state index in [9.17, 15) is 13.6 Å². The third kappa shape index (κ3) is 2.79. The van der Waals surface area contributed by atoms with Crippen LogP contribution in [0.3, 0.4) is 0 Å². The third-order valence-electron chi connectivity index (χ3n) is 3.64. The number of carbonyl (C=O) groups excluding carboxylic acids is 1. The average Bonchev–Trinajstić information content (AvgIpc) is 2.76. The summed E-state index contributed by atoms with van der Waals surface area (Å²) in [4.78, 5) is 12.0. The SMILES string of the molecule is CC1CCC(C(=O)Cc2c(F)ccc(Br)c2F)C1. The molecule has 98 valence electrons. The van der Waals surface area contributed by atoms with Gasteiger partial charge in [0.05, 0.1) is 4.47 Å². The summed E-state index contributed by atoms with van der Waals surface area (Å²) >= 11 is 3.01. The number of benzene rings is 1. The highest BCUT2D eigenvalue weighted by Crippen LogP contribution is 2.32. The molecule has 1 aliphatic carbocycles. The summed E-state index contributed by atoms with van der Waals surface area (Å²) < 4.78 is 27.5. The van der Waals surface area contributed by atoms with Gasteiger partial charge in [0, 0.05) is 17.9 Å². The van der Waals surface area contributed by atoms with Gasteiger partial charge in [0.15, 0.2) is 0 Å². The lowest BCUT2D eigenvalue weighted by Crippen LogP contribution is -2.16. The highest BCUT2D eigenvalue weighted by Gasteiger charge is 2.28. The Hall–Kier alpha value is -0.770. The molecule has 1 nitrogen and oxygen atoms in total. The Balaban J connectivity index is 2.14. The van der Waals surface area contributed by atoms with Crippen LogP contribution < -0.4 is 0 Å². The summed E-state index contributed by atoms with van der Waals surface area (Å²) in [6, 6.07) is 2.50. The van der Waals surface area contributed by atoms with Crippen LogP contribution in [-0.4, -0.2) is 5.78 Å². The largest absolute Gasteiger partial charge is 0.299 e. The average molecular weight is 317 g/mol. The number of hydrogen-bond acceptors (Lipinski definition) is 1. The van der Waals surface area contributed by atoms with Crippen molar-refractivity contribution in [2.24, 2.45) is 11.8 Å². The van der Waals surface area contributed by atoms with Crippen LogP contribution in [0.2, 0.25) is 0 Å². The fourth-order valence-corrected chi connectivity index (χ4v) is 2.92. The van der Waals surface area contributed by atoms with Crippen molar-refractivity contribution in [1.82, 2.24) is 0 Å². The van der Waals surface area contributed by atoms with Crippen LogP contribution in [0.1, 0.15) is 31.7 Å². The fraction of sp³-hybridized carbons (Fsp3) is 0.500. The molecule has 1 fully saturated rings. The van der Waals surface area contributed by atoms with Crippen molar-refractivity contribution in [1.29, 1.82) is 0 Å². The molecule has 0 heterocycles. The molecule has 18 heavy (non-hydrogen) atoms. The van der Waals surface area contributed by atoms with Crippen molar-refractivity contribution >= 4 is 21.7 Å². The molecule has 1 aromatic rings. The first-order chi connectivity index (χ1) is 8.49. The zero-order chi connectivity index (χ0) is 13.3. The molecule has 1 saturated carbocycles. The molecular weight excluding hydrogens is 302 g/mol. The van der Waals surface area contributed by atoms with E-state index in [1.54, 1.807) is 0 Å². The van der Waals surface area contributed by atoms with E-state index in [4.69, 9.17) is 0 Å². The third-order valence-corrected chi connectivity index (χ3v) is 4.25. The van der Waals surface area contributed by atoms with Crippen molar-refractivity contribution in [3.05, 3.63) is 33.8 Å². The minimum atomic E-state index is -0.658. The minimum Gasteiger partial charge on any atom is -0.299 e. The van der Waals surface area contributed by atoms with Gasteiger partial charge in [0.2, 0.25) is 0 Å². The number of hydrogen-bond donors (Lipinski definition) is 0. The summed E-state index contributed by atoms with van der Waals surface area (Å²) in [7, 11) is 0. The lowest BCUT2D eigenvalue weighted by molar-refractivity contribution is -0.122. The topological polar surface area (TPSA) is 17.1 Å². The molecule has 2 atom stereocenters. The first-order valence-electron chi connectivity index (χ1n) is 6.14. The molecule has 0 bridgehead atoms. The Morgan fingerprint density at radius 2 is 2.11 bits per heavy atom. The van der Waals surface area contributed by atoms with Gasteiger partial charge >= 0.3 is 0 Å². The van der Waals surface area contributed by atoms with Gasteiger partial charge in [-0.15, -0.1) is 0 Å². The predicted octanol–water partition coefficient (Wildman–Crippen LogP) is 4.28. The zero-order valence-electron chi connectivity index (χ0n) is 10.2. The van der Waals surface area contributed by atoms with E-state index in [1.807, 2.05) is 0 Å². The molecule has 2 unspecified atom stereocenters. The molecule has 1 aliphatic rings. The Bertz CT molecular complexity index is 473. The first kappa shape index (κ1) is 13.7. The number of ketones is 1. The van der Waals surface area contributed by atoms with Crippen LogP contribution in [0.4, 0.5) is 8.78 Å². The standard InChI is InChI=1S/C14H15BrF2O/c1-8-2-3-9(6-8)13(18)7-10-12(16)5-4-11(15)14(10)17/h4-5,8-9H,2-3,6-7H2,1H3. The van der Waals surface area contributed by atoms with Gasteiger partial charge in [-0.1, -0.05) is 6.92 Å². The first-order valence-corrected chi connectivity index (χ1v) is 6.93. The second-order valence-electron chi connectivity index (χ2n) is 5.08.